The molecule has 6 N–H and O–H groups in total. The first kappa shape index (κ1) is 18.3. The summed E-state index contributed by atoms with van der Waals surface area (Å²) < 4.78 is 4.89. The molecule has 1 aromatic rings. The molecule has 4 atom stereocenters. The predicted octanol–water partition coefficient (Wildman–Crippen LogP) is -2.05. The van der Waals surface area contributed by atoms with Gasteiger partial charge in [-0.25, -0.2) is 0 Å². The molecule has 1 aromatic carbocycles. The van der Waals surface area contributed by atoms with Gasteiger partial charge in [0.25, 0.3) is 0 Å². The first-order valence-corrected chi connectivity index (χ1v) is 6.53. The van der Waals surface area contributed by atoms with Crippen molar-refractivity contribution in [2.45, 2.75) is 30.8 Å². The van der Waals surface area contributed by atoms with Gasteiger partial charge in [-0.1, -0.05) is 6.07 Å². The number of ketones is 1. The van der Waals surface area contributed by atoms with E-state index < -0.39 is 36.8 Å². The zero-order valence-electron chi connectivity index (χ0n) is 12.0. The Hall–Kier alpha value is -1.71. The van der Waals surface area contributed by atoms with Gasteiger partial charge in [-0.05, 0) is 17.7 Å². The highest BCUT2D eigenvalue weighted by molar-refractivity contribution is 5.85. The quantitative estimate of drug-likeness (QED) is 0.321. The normalized spacial score (nSPS) is 16.6. The molecular formula is C14H20O8. The van der Waals surface area contributed by atoms with Crippen molar-refractivity contribution in [1.29, 1.82) is 0 Å². The van der Waals surface area contributed by atoms with Gasteiger partial charge in [-0.15, -0.1) is 0 Å². The fourth-order valence-corrected chi connectivity index (χ4v) is 1.85. The van der Waals surface area contributed by atoms with Gasteiger partial charge in [0.15, 0.2) is 17.3 Å². The second-order valence-corrected chi connectivity index (χ2v) is 4.83. The van der Waals surface area contributed by atoms with E-state index in [1.807, 2.05) is 0 Å². The van der Waals surface area contributed by atoms with E-state index in [2.05, 4.69) is 0 Å². The van der Waals surface area contributed by atoms with E-state index in [0.29, 0.717) is 5.56 Å². The molecule has 0 aromatic heterocycles. The predicted molar refractivity (Wildman–Crippen MR) is 74.5 cm³/mol. The Morgan fingerprint density at radius 1 is 1.18 bits per heavy atom. The second kappa shape index (κ2) is 8.06. The molecule has 124 valence electrons. The number of carbonyl (C=O) groups is 1. The van der Waals surface area contributed by atoms with Crippen molar-refractivity contribution in [2.24, 2.45) is 0 Å². The fourth-order valence-electron chi connectivity index (χ4n) is 1.85. The Labute approximate surface area is 126 Å². The van der Waals surface area contributed by atoms with E-state index in [1.54, 1.807) is 0 Å². The maximum atomic E-state index is 11.9. The number of benzene rings is 1. The molecule has 0 heterocycles. The number of ether oxygens (including phenoxy) is 1. The van der Waals surface area contributed by atoms with E-state index >= 15 is 0 Å². The number of aromatic hydroxyl groups is 1. The van der Waals surface area contributed by atoms with Crippen molar-refractivity contribution < 1.29 is 40.2 Å². The Morgan fingerprint density at radius 3 is 2.36 bits per heavy atom. The number of carbonyl (C=O) groups excluding carboxylic acids is 1. The summed E-state index contributed by atoms with van der Waals surface area (Å²) in [5, 5.41) is 56.1. The molecule has 0 spiro atoms. The van der Waals surface area contributed by atoms with Crippen LogP contribution in [0.5, 0.6) is 11.5 Å². The molecule has 0 aliphatic rings. The van der Waals surface area contributed by atoms with Crippen LogP contribution >= 0.6 is 0 Å². The summed E-state index contributed by atoms with van der Waals surface area (Å²) in [6, 6.07) is 4.15. The van der Waals surface area contributed by atoms with Crippen molar-refractivity contribution in [3.8, 4) is 11.5 Å². The number of rotatable bonds is 8. The van der Waals surface area contributed by atoms with Crippen LogP contribution in [0.1, 0.15) is 5.56 Å². The third-order valence-corrected chi connectivity index (χ3v) is 3.21. The number of aliphatic hydroxyl groups excluding tert-OH is 5. The first-order chi connectivity index (χ1) is 10.3. The summed E-state index contributed by atoms with van der Waals surface area (Å²) in [7, 11) is 1.34. The van der Waals surface area contributed by atoms with Crippen molar-refractivity contribution >= 4 is 5.78 Å². The van der Waals surface area contributed by atoms with Crippen LogP contribution in [-0.4, -0.2) is 74.6 Å². The van der Waals surface area contributed by atoms with Crippen LogP contribution in [0, 0.1) is 0 Å². The van der Waals surface area contributed by atoms with Gasteiger partial charge >= 0.3 is 0 Å². The number of hydrogen-bond donors (Lipinski definition) is 6. The molecule has 1 rings (SSSR count). The highest BCUT2D eigenvalue weighted by atomic mass is 16.5. The summed E-state index contributed by atoms with van der Waals surface area (Å²) in [4.78, 5) is 11.9. The van der Waals surface area contributed by atoms with E-state index in [1.165, 1.54) is 25.3 Å². The van der Waals surface area contributed by atoms with Crippen LogP contribution in [0.2, 0.25) is 0 Å². The van der Waals surface area contributed by atoms with Gasteiger partial charge in [0.1, 0.15) is 24.4 Å². The second-order valence-electron chi connectivity index (χ2n) is 4.83. The van der Waals surface area contributed by atoms with E-state index in [9.17, 15) is 30.3 Å². The van der Waals surface area contributed by atoms with Crippen LogP contribution < -0.4 is 4.74 Å². The topological polar surface area (TPSA) is 148 Å². The van der Waals surface area contributed by atoms with Crippen LogP contribution in [0.4, 0.5) is 0 Å². The van der Waals surface area contributed by atoms with Crippen LogP contribution in [0.15, 0.2) is 18.2 Å². The lowest BCUT2D eigenvalue weighted by atomic mass is 9.96. The van der Waals surface area contributed by atoms with Crippen molar-refractivity contribution in [1.82, 2.24) is 0 Å². The van der Waals surface area contributed by atoms with Crippen molar-refractivity contribution in [3.05, 3.63) is 23.8 Å². The number of aliphatic hydroxyl groups is 5. The monoisotopic (exact) mass is 316 g/mol. The first-order valence-electron chi connectivity index (χ1n) is 6.53. The maximum absolute atomic E-state index is 11.9. The third kappa shape index (κ3) is 4.39. The zero-order chi connectivity index (χ0) is 16.9. The molecule has 0 saturated carbocycles. The minimum Gasteiger partial charge on any atom is -0.504 e. The van der Waals surface area contributed by atoms with Crippen LogP contribution in [0.25, 0.3) is 0 Å². The highest BCUT2D eigenvalue weighted by Crippen LogP contribution is 2.26. The van der Waals surface area contributed by atoms with Crippen LogP contribution in [-0.2, 0) is 11.2 Å². The molecule has 0 radical (unpaired) electrons. The number of hydrogen-bond acceptors (Lipinski definition) is 8. The van der Waals surface area contributed by atoms with Crippen molar-refractivity contribution in [2.75, 3.05) is 13.7 Å². The summed E-state index contributed by atoms with van der Waals surface area (Å²) >= 11 is 0. The van der Waals surface area contributed by atoms with E-state index in [0.717, 1.165) is 0 Å². The highest BCUT2D eigenvalue weighted by Gasteiger charge is 2.33. The molecule has 0 fully saturated rings. The zero-order valence-corrected chi connectivity index (χ0v) is 12.0. The number of methoxy groups -OCH3 is 1. The van der Waals surface area contributed by atoms with Gasteiger partial charge in [-0.2, -0.15) is 0 Å². The average molecular weight is 316 g/mol. The number of phenolic OH excluding ortho intramolecular Hbond substituents is 1. The van der Waals surface area contributed by atoms with E-state index in [4.69, 9.17) is 9.84 Å². The summed E-state index contributed by atoms with van der Waals surface area (Å²) in [6.45, 7) is -0.825. The molecule has 0 aliphatic heterocycles. The van der Waals surface area contributed by atoms with Crippen LogP contribution in [0.3, 0.4) is 0 Å². The lowest BCUT2D eigenvalue weighted by molar-refractivity contribution is -0.146. The SMILES string of the molecule is COc1cc(CC(=O)[C@H](O)[C@@H](O)[C@H](O)[C@H](O)CO)ccc1O. The van der Waals surface area contributed by atoms with Gasteiger partial charge < -0.3 is 35.4 Å². The van der Waals surface area contributed by atoms with Gasteiger partial charge in [0.2, 0.25) is 0 Å². The van der Waals surface area contributed by atoms with Gasteiger partial charge in [0, 0.05) is 6.42 Å². The minimum atomic E-state index is -1.94. The smallest absolute Gasteiger partial charge is 0.168 e. The summed E-state index contributed by atoms with van der Waals surface area (Å²) in [5.74, 6) is -0.763. The maximum Gasteiger partial charge on any atom is 0.168 e. The Bertz CT molecular complexity index is 504. The van der Waals surface area contributed by atoms with E-state index in [-0.39, 0.29) is 17.9 Å². The average Bonchev–Trinajstić information content (AvgIpc) is 2.53. The van der Waals surface area contributed by atoms with Crippen molar-refractivity contribution in [3.63, 3.8) is 0 Å². The lowest BCUT2D eigenvalue weighted by Gasteiger charge is -2.24. The third-order valence-electron chi connectivity index (χ3n) is 3.21. The molecule has 0 amide bonds. The Balaban J connectivity index is 2.75. The summed E-state index contributed by atoms with van der Waals surface area (Å²) in [6.07, 6.45) is -7.69. The molecule has 8 heteroatoms. The standard InChI is InChI=1S/C14H20O8/c1-22-11-5-7(2-3-8(11)16)4-9(17)12(19)14(21)13(20)10(18)6-15/h2-3,5,10,12-16,18-21H,4,6H2,1H3/t10-,12+,13-,14-/m1/s1. The molecule has 0 unspecified atom stereocenters. The minimum absolute atomic E-state index is 0.110. The fraction of sp³-hybridized carbons (Fsp3) is 0.500. The largest absolute Gasteiger partial charge is 0.504 e. The Morgan fingerprint density at radius 2 is 1.82 bits per heavy atom. The molecule has 0 bridgehead atoms. The Kier molecular flexibility index (Phi) is 6.72. The molecule has 22 heavy (non-hydrogen) atoms. The number of Topliss-reactive ketones (excluding diaryl/α,β-unsaturated/α-hetero) is 1. The molecule has 8 nitrogen and oxygen atoms in total. The summed E-state index contributed by atoms with van der Waals surface area (Å²) in [5.41, 5.74) is 0.420. The molecule has 0 saturated heterocycles. The molecule has 0 aliphatic carbocycles. The van der Waals surface area contributed by atoms with Gasteiger partial charge in [-0.3, -0.25) is 4.79 Å². The molecular weight excluding hydrogens is 296 g/mol. The lowest BCUT2D eigenvalue weighted by Crippen LogP contribution is -2.49. The van der Waals surface area contributed by atoms with Gasteiger partial charge in [0.05, 0.1) is 13.7 Å². The number of phenols is 1.